The van der Waals surface area contributed by atoms with Gasteiger partial charge in [-0.1, -0.05) is 36.4 Å². The molecule has 1 aliphatic heterocycles. The van der Waals surface area contributed by atoms with Crippen LogP contribution in [-0.4, -0.2) is 58.5 Å². The fourth-order valence-electron chi connectivity index (χ4n) is 5.83. The van der Waals surface area contributed by atoms with E-state index in [0.717, 1.165) is 38.9 Å². The Balaban J connectivity index is 1.52. The Morgan fingerprint density at radius 3 is 2.80 bits per heavy atom. The van der Waals surface area contributed by atoms with E-state index >= 15 is 0 Å². The number of fused-ring (bicyclic) bond motifs is 2. The molecule has 0 fully saturated rings. The topological polar surface area (TPSA) is 149 Å². The molecular weight excluding hydrogens is 590 g/mol. The molecule has 5 rings (SSSR count). The Morgan fingerprint density at radius 2 is 2.04 bits per heavy atom. The molecular formula is C33H41N7O4S. The molecule has 0 saturated heterocycles. The summed E-state index contributed by atoms with van der Waals surface area (Å²) < 4.78 is 32.7. The van der Waals surface area contributed by atoms with Gasteiger partial charge in [-0.25, -0.2) is 9.67 Å². The van der Waals surface area contributed by atoms with Crippen molar-refractivity contribution in [2.24, 2.45) is 0 Å². The first-order valence-corrected chi connectivity index (χ1v) is 16.9. The molecule has 3 heterocycles. The number of aryl methyl sites for hydroxylation is 3. The summed E-state index contributed by atoms with van der Waals surface area (Å²) in [5, 5.41) is 20.6. The number of unbranched alkanes of at least 4 members (excludes halogenated alkanes) is 1. The lowest BCUT2D eigenvalue weighted by atomic mass is 9.84. The van der Waals surface area contributed by atoms with Crippen molar-refractivity contribution in [3.05, 3.63) is 76.5 Å². The lowest BCUT2D eigenvalue weighted by Crippen LogP contribution is -2.34. The van der Waals surface area contributed by atoms with Gasteiger partial charge in [-0.05, 0) is 79.6 Å². The summed E-state index contributed by atoms with van der Waals surface area (Å²) >= 11 is 0. The van der Waals surface area contributed by atoms with Crippen molar-refractivity contribution >= 4 is 27.7 Å². The predicted octanol–water partition coefficient (Wildman–Crippen LogP) is 6.10. The number of nitrogens with zero attached hydrogens (tertiary/aromatic N) is 6. The second-order valence-electron chi connectivity index (χ2n) is 11.4. The first kappa shape index (κ1) is 32.4. The Kier molecular flexibility index (Phi) is 10.0. The van der Waals surface area contributed by atoms with Crippen molar-refractivity contribution in [3.8, 4) is 11.9 Å². The van der Waals surface area contributed by atoms with Crippen LogP contribution in [0.4, 0.5) is 0 Å². The highest BCUT2D eigenvalue weighted by Gasteiger charge is 2.36. The number of pyridine rings is 1. The number of carbonyl (C=O) groups excluding carboxylic acids is 1. The maximum absolute atomic E-state index is 13.2. The highest BCUT2D eigenvalue weighted by molar-refractivity contribution is 8.22. The molecule has 0 unspecified atom stereocenters. The van der Waals surface area contributed by atoms with Gasteiger partial charge in [0.15, 0.2) is 0 Å². The molecule has 3 N–H and O–H groups in total. The Morgan fingerprint density at radius 1 is 1.22 bits per heavy atom. The van der Waals surface area contributed by atoms with Crippen LogP contribution in [0.2, 0.25) is 0 Å². The van der Waals surface area contributed by atoms with Crippen LogP contribution in [0.3, 0.4) is 0 Å². The molecule has 4 aromatic rings. The summed E-state index contributed by atoms with van der Waals surface area (Å²) in [7, 11) is -3.39. The molecule has 11 nitrogen and oxygen atoms in total. The summed E-state index contributed by atoms with van der Waals surface area (Å²) in [6.45, 7) is 9.76. The van der Waals surface area contributed by atoms with Gasteiger partial charge < -0.3 is 10.1 Å². The van der Waals surface area contributed by atoms with Crippen molar-refractivity contribution in [1.29, 1.82) is 5.26 Å². The van der Waals surface area contributed by atoms with Gasteiger partial charge >= 0.3 is 0 Å². The zero-order valence-corrected chi connectivity index (χ0v) is 27.0. The molecule has 0 saturated carbocycles. The molecule has 238 valence electrons. The quantitative estimate of drug-likeness (QED) is 0.167. The maximum atomic E-state index is 13.2. The molecule has 2 aromatic heterocycles. The second kappa shape index (κ2) is 14.0. The highest BCUT2D eigenvalue weighted by atomic mass is 32.3. The third-order valence-electron chi connectivity index (χ3n) is 8.49. The van der Waals surface area contributed by atoms with Crippen LogP contribution in [0.5, 0.6) is 5.88 Å². The monoisotopic (exact) mass is 631 g/mol. The summed E-state index contributed by atoms with van der Waals surface area (Å²) in [6, 6.07) is 15.7. The molecule has 45 heavy (non-hydrogen) atoms. The largest absolute Gasteiger partial charge is 0.472 e. The SMILES string of the molecule is CC[C@@H]1CN(Cc2cc([C@H](CC(=O)NCCCC#N)c3ccc4c(nnn4CC)c3C)ccc2C)S(O)(O)c2cccnc2O1. The number of carbonyl (C=O) groups is 1. The van der Waals surface area contributed by atoms with Crippen molar-refractivity contribution < 1.29 is 18.6 Å². The van der Waals surface area contributed by atoms with Crippen LogP contribution in [0.1, 0.15) is 73.3 Å². The van der Waals surface area contributed by atoms with Crippen LogP contribution in [0.15, 0.2) is 53.6 Å². The van der Waals surface area contributed by atoms with Crippen molar-refractivity contribution in [1.82, 2.24) is 29.6 Å². The first-order valence-electron chi connectivity index (χ1n) is 15.4. The van der Waals surface area contributed by atoms with E-state index < -0.39 is 10.8 Å². The zero-order valence-electron chi connectivity index (χ0n) is 26.2. The van der Waals surface area contributed by atoms with Gasteiger partial charge in [-0.2, -0.15) is 9.57 Å². The zero-order chi connectivity index (χ0) is 32.1. The van der Waals surface area contributed by atoms with Gasteiger partial charge in [0.25, 0.3) is 0 Å². The minimum Gasteiger partial charge on any atom is -0.472 e. The van der Waals surface area contributed by atoms with E-state index in [9.17, 15) is 13.9 Å². The second-order valence-corrected chi connectivity index (χ2v) is 13.4. The van der Waals surface area contributed by atoms with Gasteiger partial charge in [-0.3, -0.25) is 13.9 Å². The molecule has 1 aliphatic rings. The van der Waals surface area contributed by atoms with Gasteiger partial charge in [0, 0.05) is 44.6 Å². The number of aromatic nitrogens is 4. The smallest absolute Gasteiger partial charge is 0.239 e. The fourth-order valence-corrected chi connectivity index (χ4v) is 7.40. The number of amides is 1. The van der Waals surface area contributed by atoms with Gasteiger partial charge in [0.2, 0.25) is 11.8 Å². The molecule has 12 heteroatoms. The van der Waals surface area contributed by atoms with Crippen molar-refractivity contribution in [3.63, 3.8) is 0 Å². The number of benzene rings is 2. The number of nitrogens with one attached hydrogen (secondary N) is 1. The van der Waals surface area contributed by atoms with Crippen LogP contribution in [0, 0.1) is 25.2 Å². The van der Waals surface area contributed by atoms with Crippen LogP contribution < -0.4 is 10.1 Å². The minimum atomic E-state index is -3.39. The number of rotatable bonds is 11. The van der Waals surface area contributed by atoms with Crippen LogP contribution in [-0.2, 0) is 17.9 Å². The van der Waals surface area contributed by atoms with Crippen molar-refractivity contribution in [2.75, 3.05) is 13.1 Å². The first-order chi connectivity index (χ1) is 21.7. The Labute approximate surface area is 265 Å². The van der Waals surface area contributed by atoms with Gasteiger partial charge in [-0.15, -0.1) is 15.9 Å². The maximum Gasteiger partial charge on any atom is 0.239 e. The molecule has 0 aliphatic carbocycles. The third-order valence-corrected chi connectivity index (χ3v) is 10.4. The van der Waals surface area contributed by atoms with E-state index in [4.69, 9.17) is 10.00 Å². The number of hydrogen-bond donors (Lipinski definition) is 3. The van der Waals surface area contributed by atoms with Gasteiger partial charge in [0.1, 0.15) is 16.5 Å². The summed E-state index contributed by atoms with van der Waals surface area (Å²) in [5.41, 5.74) is 6.54. The number of nitriles is 1. The fraction of sp³-hybridized carbons (Fsp3) is 0.424. The Bertz CT molecular complexity index is 1720. The number of ether oxygens (including phenoxy) is 1. The summed E-state index contributed by atoms with van der Waals surface area (Å²) in [6.07, 6.45) is 3.18. The van der Waals surface area contributed by atoms with E-state index in [1.807, 2.05) is 50.6 Å². The molecule has 2 aromatic carbocycles. The normalized spacial score (nSPS) is 17.5. The number of hydrogen-bond acceptors (Lipinski definition) is 9. The summed E-state index contributed by atoms with van der Waals surface area (Å²) in [5.74, 6) is -0.146. The van der Waals surface area contributed by atoms with E-state index in [1.165, 1.54) is 0 Å². The predicted molar refractivity (Wildman–Crippen MR) is 174 cm³/mol. The van der Waals surface area contributed by atoms with Gasteiger partial charge in [0.05, 0.1) is 18.1 Å². The highest BCUT2D eigenvalue weighted by Crippen LogP contribution is 2.57. The van der Waals surface area contributed by atoms with E-state index in [-0.39, 0.29) is 41.7 Å². The standard InChI is InChI=1S/C33H41N7O4S/c1-5-26-21-39(45(42,43)30-10-9-17-36-33(30)44-26)20-25-18-24(12-11-22(25)3)28(19-31(41)35-16-8-7-15-34)27-13-14-29-32(23(27)4)37-38-40(29)6-2/h9-14,17-18,26,28,42-43H,5-8,16,19-21H2,1-4H3,(H,35,41)/t26-,28+/m1/s1. The molecule has 0 bridgehead atoms. The molecule has 0 spiro atoms. The van der Waals surface area contributed by atoms with E-state index in [0.29, 0.717) is 38.9 Å². The van der Waals surface area contributed by atoms with Crippen LogP contribution >= 0.6 is 10.8 Å². The van der Waals surface area contributed by atoms with E-state index in [2.05, 4.69) is 38.8 Å². The summed E-state index contributed by atoms with van der Waals surface area (Å²) in [4.78, 5) is 17.8. The average Bonchev–Trinajstić information content (AvgIpc) is 3.42. The van der Waals surface area contributed by atoms with Crippen LogP contribution in [0.25, 0.3) is 11.0 Å². The third kappa shape index (κ3) is 6.82. The lowest BCUT2D eigenvalue weighted by molar-refractivity contribution is -0.121. The molecule has 1 amide bonds. The minimum absolute atomic E-state index is 0.106. The molecule has 2 atom stereocenters. The van der Waals surface area contributed by atoms with E-state index in [1.54, 1.807) is 22.6 Å². The molecule has 0 radical (unpaired) electrons. The Hall–Kier alpha value is -4.02. The average molecular weight is 632 g/mol. The lowest BCUT2D eigenvalue weighted by Gasteiger charge is -2.41. The van der Waals surface area contributed by atoms with Crippen molar-refractivity contribution in [2.45, 2.75) is 83.4 Å².